The SMILES string of the molecule is COc1ccccc1-c1nn(CC(=O)Nc2ccc(C)c(C)c2)c(=S)n1-n1cccc1. The Kier molecular flexibility index (Phi) is 5.73. The Bertz CT molecular complexity index is 1290. The molecular weight excluding hydrogens is 410 g/mol. The third-order valence-electron chi connectivity index (χ3n) is 5.07. The second-order valence-electron chi connectivity index (χ2n) is 7.19. The minimum absolute atomic E-state index is 0.0117. The lowest BCUT2D eigenvalue weighted by molar-refractivity contribution is -0.116. The van der Waals surface area contributed by atoms with E-state index < -0.39 is 0 Å². The quantitative estimate of drug-likeness (QED) is 0.456. The van der Waals surface area contributed by atoms with Gasteiger partial charge in [0.1, 0.15) is 12.3 Å². The third kappa shape index (κ3) is 4.15. The van der Waals surface area contributed by atoms with Gasteiger partial charge in [-0.15, -0.1) is 5.10 Å². The van der Waals surface area contributed by atoms with Crippen LogP contribution in [0, 0.1) is 18.6 Å². The van der Waals surface area contributed by atoms with Gasteiger partial charge in [-0.1, -0.05) is 18.2 Å². The Morgan fingerprint density at radius 3 is 2.52 bits per heavy atom. The second-order valence-corrected chi connectivity index (χ2v) is 7.55. The standard InChI is InChI=1S/C23H23N5O2S/c1-16-10-11-18(14-17(16)2)24-21(29)15-27-23(31)28(26-12-6-7-13-26)22(25-27)19-8-4-5-9-20(19)30-3/h4-14H,15H2,1-3H3,(H,24,29). The van der Waals surface area contributed by atoms with Gasteiger partial charge in [0.05, 0.1) is 12.7 Å². The van der Waals surface area contributed by atoms with Crippen molar-refractivity contribution < 1.29 is 9.53 Å². The number of hydrogen-bond donors (Lipinski definition) is 1. The average molecular weight is 434 g/mol. The summed E-state index contributed by atoms with van der Waals surface area (Å²) in [6.45, 7) is 4.04. The maximum absolute atomic E-state index is 12.7. The second kappa shape index (κ2) is 8.61. The van der Waals surface area contributed by atoms with Gasteiger partial charge < -0.3 is 10.1 Å². The summed E-state index contributed by atoms with van der Waals surface area (Å²) in [4.78, 5) is 12.7. The Morgan fingerprint density at radius 1 is 1.06 bits per heavy atom. The summed E-state index contributed by atoms with van der Waals surface area (Å²) in [6, 6.07) is 17.2. The molecule has 0 spiro atoms. The molecule has 4 rings (SSSR count). The summed E-state index contributed by atoms with van der Waals surface area (Å²) >= 11 is 5.68. The van der Waals surface area contributed by atoms with Gasteiger partial charge >= 0.3 is 0 Å². The van der Waals surface area contributed by atoms with Crippen LogP contribution in [-0.2, 0) is 11.3 Å². The Balaban J connectivity index is 1.71. The van der Waals surface area contributed by atoms with Crippen molar-refractivity contribution in [1.82, 2.24) is 19.1 Å². The molecule has 158 valence electrons. The zero-order valence-electron chi connectivity index (χ0n) is 17.6. The number of benzene rings is 2. The molecule has 8 heteroatoms. The number of carbonyl (C=O) groups is 1. The predicted molar refractivity (Wildman–Crippen MR) is 123 cm³/mol. The smallest absolute Gasteiger partial charge is 0.246 e. The molecule has 7 nitrogen and oxygen atoms in total. The van der Waals surface area contributed by atoms with E-state index in [1.54, 1.807) is 11.8 Å². The molecule has 0 fully saturated rings. The highest BCUT2D eigenvalue weighted by molar-refractivity contribution is 7.71. The van der Waals surface area contributed by atoms with E-state index in [9.17, 15) is 4.79 Å². The van der Waals surface area contributed by atoms with Crippen LogP contribution in [0.1, 0.15) is 11.1 Å². The minimum Gasteiger partial charge on any atom is -0.496 e. The fourth-order valence-corrected chi connectivity index (χ4v) is 3.61. The molecule has 2 aromatic heterocycles. The van der Waals surface area contributed by atoms with Crippen molar-refractivity contribution in [2.75, 3.05) is 12.4 Å². The number of aromatic nitrogens is 4. The minimum atomic E-state index is -0.205. The fourth-order valence-electron chi connectivity index (χ4n) is 3.32. The van der Waals surface area contributed by atoms with Gasteiger partial charge in [-0.2, -0.15) is 0 Å². The van der Waals surface area contributed by atoms with E-state index >= 15 is 0 Å². The number of carbonyl (C=O) groups excluding carboxylic acids is 1. The van der Waals surface area contributed by atoms with Gasteiger partial charge in [-0.05, 0) is 73.6 Å². The topological polar surface area (TPSA) is 66.0 Å². The molecule has 2 aromatic carbocycles. The Morgan fingerprint density at radius 2 is 1.81 bits per heavy atom. The van der Waals surface area contributed by atoms with Gasteiger partial charge in [0.15, 0.2) is 5.82 Å². The molecule has 4 aromatic rings. The van der Waals surface area contributed by atoms with E-state index in [1.807, 2.05) is 85.5 Å². The van der Waals surface area contributed by atoms with Crippen LogP contribution in [-0.4, -0.2) is 32.1 Å². The zero-order valence-corrected chi connectivity index (χ0v) is 18.4. The van der Waals surface area contributed by atoms with Crippen LogP contribution >= 0.6 is 12.2 Å². The van der Waals surface area contributed by atoms with Crippen molar-refractivity contribution in [2.45, 2.75) is 20.4 Å². The summed E-state index contributed by atoms with van der Waals surface area (Å²) < 4.78 is 11.0. The molecule has 2 heterocycles. The average Bonchev–Trinajstić information content (AvgIpc) is 3.39. The number of methoxy groups -OCH3 is 1. The first-order valence-electron chi connectivity index (χ1n) is 9.82. The van der Waals surface area contributed by atoms with Crippen LogP contribution in [0.2, 0.25) is 0 Å². The summed E-state index contributed by atoms with van der Waals surface area (Å²) in [5, 5.41) is 7.60. The molecule has 1 N–H and O–H groups in total. The highest BCUT2D eigenvalue weighted by Crippen LogP contribution is 2.29. The number of amides is 1. The molecule has 0 saturated carbocycles. The van der Waals surface area contributed by atoms with Crippen LogP contribution in [0.4, 0.5) is 5.69 Å². The molecule has 0 aliphatic rings. The summed E-state index contributed by atoms with van der Waals surface area (Å²) in [5.74, 6) is 1.04. The largest absolute Gasteiger partial charge is 0.496 e. The molecule has 0 saturated heterocycles. The van der Waals surface area contributed by atoms with E-state index in [1.165, 1.54) is 10.2 Å². The van der Waals surface area contributed by atoms with Gasteiger partial charge in [-0.25, -0.2) is 9.36 Å². The van der Waals surface area contributed by atoms with Crippen molar-refractivity contribution in [3.8, 4) is 17.1 Å². The normalized spacial score (nSPS) is 10.8. The number of aryl methyl sites for hydroxylation is 2. The molecule has 1 amide bonds. The molecule has 0 atom stereocenters. The van der Waals surface area contributed by atoms with E-state index in [0.717, 1.165) is 16.8 Å². The predicted octanol–water partition coefficient (Wildman–Crippen LogP) is 4.46. The zero-order chi connectivity index (χ0) is 22.0. The van der Waals surface area contributed by atoms with Gasteiger partial charge in [0, 0.05) is 18.1 Å². The van der Waals surface area contributed by atoms with Crippen molar-refractivity contribution in [1.29, 1.82) is 0 Å². The summed E-state index contributed by atoms with van der Waals surface area (Å²) in [5.41, 5.74) is 3.81. The first-order valence-corrected chi connectivity index (χ1v) is 10.2. The van der Waals surface area contributed by atoms with Gasteiger partial charge in [-0.3, -0.25) is 9.47 Å². The molecule has 31 heavy (non-hydrogen) atoms. The molecular formula is C23H23N5O2S. The van der Waals surface area contributed by atoms with Crippen LogP contribution < -0.4 is 10.1 Å². The van der Waals surface area contributed by atoms with E-state index in [0.29, 0.717) is 16.3 Å². The van der Waals surface area contributed by atoms with E-state index in [2.05, 4.69) is 10.4 Å². The highest BCUT2D eigenvalue weighted by Gasteiger charge is 2.19. The molecule has 0 bridgehead atoms. The first kappa shape index (κ1) is 20.6. The maximum Gasteiger partial charge on any atom is 0.246 e. The fraction of sp³-hybridized carbons (Fsp3) is 0.174. The maximum atomic E-state index is 12.7. The number of rotatable bonds is 6. The molecule has 0 aliphatic carbocycles. The van der Waals surface area contributed by atoms with Crippen molar-refractivity contribution in [2.24, 2.45) is 0 Å². The van der Waals surface area contributed by atoms with Crippen LogP contribution in [0.15, 0.2) is 67.0 Å². The van der Waals surface area contributed by atoms with Crippen molar-refractivity contribution in [3.63, 3.8) is 0 Å². The third-order valence-corrected chi connectivity index (χ3v) is 5.45. The molecule has 0 aliphatic heterocycles. The number of para-hydroxylation sites is 1. The number of ether oxygens (including phenoxy) is 1. The Labute approximate surface area is 185 Å². The summed E-state index contributed by atoms with van der Waals surface area (Å²) in [6.07, 6.45) is 3.74. The van der Waals surface area contributed by atoms with Crippen LogP contribution in [0.3, 0.4) is 0 Å². The number of nitrogens with one attached hydrogen (secondary N) is 1. The van der Waals surface area contributed by atoms with Gasteiger partial charge in [0.2, 0.25) is 10.7 Å². The van der Waals surface area contributed by atoms with Crippen molar-refractivity contribution in [3.05, 3.63) is 82.9 Å². The molecule has 0 unspecified atom stereocenters. The number of nitrogens with zero attached hydrogens (tertiary/aromatic N) is 4. The first-order chi connectivity index (χ1) is 15.0. The number of hydrogen-bond acceptors (Lipinski definition) is 4. The monoisotopic (exact) mass is 433 g/mol. The Hall–Kier alpha value is -3.65. The van der Waals surface area contributed by atoms with Crippen LogP contribution in [0.25, 0.3) is 11.4 Å². The van der Waals surface area contributed by atoms with Crippen LogP contribution in [0.5, 0.6) is 5.75 Å². The van der Waals surface area contributed by atoms with Crippen molar-refractivity contribution >= 4 is 23.8 Å². The lowest BCUT2D eigenvalue weighted by Crippen LogP contribution is -2.20. The highest BCUT2D eigenvalue weighted by atomic mass is 32.1. The summed E-state index contributed by atoms with van der Waals surface area (Å²) in [7, 11) is 1.61. The van der Waals surface area contributed by atoms with E-state index in [4.69, 9.17) is 17.0 Å². The lowest BCUT2D eigenvalue weighted by Gasteiger charge is -2.10. The lowest BCUT2D eigenvalue weighted by atomic mass is 10.1. The van der Waals surface area contributed by atoms with Gasteiger partial charge in [0.25, 0.3) is 0 Å². The molecule has 0 radical (unpaired) electrons. The number of anilines is 1. The van der Waals surface area contributed by atoms with E-state index in [-0.39, 0.29) is 12.5 Å².